The van der Waals surface area contributed by atoms with Crippen molar-refractivity contribution in [2.75, 3.05) is 6.54 Å². The van der Waals surface area contributed by atoms with Crippen LogP contribution in [0.2, 0.25) is 0 Å². The summed E-state index contributed by atoms with van der Waals surface area (Å²) in [5, 5.41) is 3.87. The SMILES string of the molecule is CCNC(C1CCCCCC1)C1CCCC(C)C1. The molecule has 0 bridgehead atoms. The van der Waals surface area contributed by atoms with Crippen LogP contribution in [0.4, 0.5) is 0 Å². The summed E-state index contributed by atoms with van der Waals surface area (Å²) in [5.74, 6) is 2.91. The smallest absolute Gasteiger partial charge is 0.0124 e. The minimum absolute atomic E-state index is 0.829. The molecule has 2 rings (SSSR count). The van der Waals surface area contributed by atoms with E-state index in [1.54, 1.807) is 0 Å². The molecule has 2 aliphatic rings. The lowest BCUT2D eigenvalue weighted by Crippen LogP contribution is -2.43. The molecule has 0 radical (unpaired) electrons. The highest BCUT2D eigenvalue weighted by Gasteiger charge is 2.31. The van der Waals surface area contributed by atoms with Gasteiger partial charge in [-0.1, -0.05) is 52.4 Å². The van der Waals surface area contributed by atoms with Crippen LogP contribution < -0.4 is 5.32 Å². The van der Waals surface area contributed by atoms with Gasteiger partial charge in [-0.2, -0.15) is 0 Å². The Hall–Kier alpha value is -0.0400. The van der Waals surface area contributed by atoms with Crippen LogP contribution in [-0.2, 0) is 0 Å². The van der Waals surface area contributed by atoms with Crippen molar-refractivity contribution >= 4 is 0 Å². The molecule has 0 aromatic heterocycles. The van der Waals surface area contributed by atoms with Crippen molar-refractivity contribution in [2.45, 2.75) is 84.1 Å². The van der Waals surface area contributed by atoms with Gasteiger partial charge in [-0.3, -0.25) is 0 Å². The molecule has 0 saturated heterocycles. The quantitative estimate of drug-likeness (QED) is 0.710. The highest BCUT2D eigenvalue weighted by atomic mass is 14.9. The van der Waals surface area contributed by atoms with Gasteiger partial charge in [-0.15, -0.1) is 0 Å². The Bertz CT molecular complexity index is 216. The van der Waals surface area contributed by atoms with E-state index in [0.29, 0.717) is 0 Å². The van der Waals surface area contributed by atoms with Gasteiger partial charge in [0.1, 0.15) is 0 Å². The predicted molar refractivity (Wildman–Crippen MR) is 79.8 cm³/mol. The molecule has 2 aliphatic carbocycles. The lowest BCUT2D eigenvalue weighted by molar-refractivity contribution is 0.168. The second-order valence-electron chi connectivity index (χ2n) is 6.87. The van der Waals surface area contributed by atoms with Gasteiger partial charge < -0.3 is 5.32 Å². The summed E-state index contributed by atoms with van der Waals surface area (Å²) in [6, 6.07) is 0.829. The number of nitrogens with one attached hydrogen (secondary N) is 1. The molecule has 1 heteroatoms. The zero-order chi connectivity index (χ0) is 12.8. The highest BCUT2D eigenvalue weighted by Crippen LogP contribution is 2.37. The molecule has 3 atom stereocenters. The second-order valence-corrected chi connectivity index (χ2v) is 6.87. The Morgan fingerprint density at radius 1 is 0.889 bits per heavy atom. The molecule has 0 amide bonds. The van der Waals surface area contributed by atoms with E-state index in [4.69, 9.17) is 0 Å². The van der Waals surface area contributed by atoms with Crippen LogP contribution in [0.1, 0.15) is 78.1 Å². The van der Waals surface area contributed by atoms with E-state index in [1.165, 1.54) is 64.2 Å². The van der Waals surface area contributed by atoms with Gasteiger partial charge in [-0.25, -0.2) is 0 Å². The van der Waals surface area contributed by atoms with Crippen LogP contribution in [0.25, 0.3) is 0 Å². The summed E-state index contributed by atoms with van der Waals surface area (Å²) < 4.78 is 0. The fourth-order valence-corrected chi connectivity index (χ4v) is 4.43. The zero-order valence-corrected chi connectivity index (χ0v) is 12.6. The molecule has 2 fully saturated rings. The first-order chi connectivity index (χ1) is 8.81. The predicted octanol–water partition coefficient (Wildman–Crippen LogP) is 4.76. The summed E-state index contributed by atoms with van der Waals surface area (Å²) in [4.78, 5) is 0. The van der Waals surface area contributed by atoms with Gasteiger partial charge in [0.15, 0.2) is 0 Å². The fourth-order valence-electron chi connectivity index (χ4n) is 4.43. The Morgan fingerprint density at radius 3 is 2.17 bits per heavy atom. The molecule has 18 heavy (non-hydrogen) atoms. The minimum atomic E-state index is 0.829. The van der Waals surface area contributed by atoms with Crippen LogP contribution in [0.15, 0.2) is 0 Å². The van der Waals surface area contributed by atoms with Crippen molar-refractivity contribution in [1.29, 1.82) is 0 Å². The monoisotopic (exact) mass is 251 g/mol. The average Bonchev–Trinajstić information content (AvgIpc) is 2.64. The maximum Gasteiger partial charge on any atom is 0.0124 e. The summed E-state index contributed by atoms with van der Waals surface area (Å²) in [5.41, 5.74) is 0. The van der Waals surface area contributed by atoms with E-state index < -0.39 is 0 Å². The zero-order valence-electron chi connectivity index (χ0n) is 12.6. The van der Waals surface area contributed by atoms with Crippen LogP contribution in [0, 0.1) is 17.8 Å². The van der Waals surface area contributed by atoms with E-state index >= 15 is 0 Å². The lowest BCUT2D eigenvalue weighted by atomic mass is 9.73. The van der Waals surface area contributed by atoms with Crippen LogP contribution >= 0.6 is 0 Å². The summed E-state index contributed by atoms with van der Waals surface area (Å²) >= 11 is 0. The number of hydrogen-bond donors (Lipinski definition) is 1. The van der Waals surface area contributed by atoms with Gasteiger partial charge in [0.25, 0.3) is 0 Å². The van der Waals surface area contributed by atoms with Gasteiger partial charge in [0.05, 0.1) is 0 Å². The molecule has 106 valence electrons. The van der Waals surface area contributed by atoms with Crippen LogP contribution in [-0.4, -0.2) is 12.6 Å². The maximum absolute atomic E-state index is 3.87. The molecule has 0 spiro atoms. The third kappa shape index (κ3) is 3.98. The largest absolute Gasteiger partial charge is 0.314 e. The molecule has 1 nitrogen and oxygen atoms in total. The molecule has 2 saturated carbocycles. The van der Waals surface area contributed by atoms with Crippen molar-refractivity contribution in [1.82, 2.24) is 5.32 Å². The summed E-state index contributed by atoms with van der Waals surface area (Å²) in [6.45, 7) is 5.91. The van der Waals surface area contributed by atoms with Crippen molar-refractivity contribution in [2.24, 2.45) is 17.8 Å². The minimum Gasteiger partial charge on any atom is -0.314 e. The Labute approximate surface area is 114 Å². The van der Waals surface area contributed by atoms with Crippen molar-refractivity contribution < 1.29 is 0 Å². The van der Waals surface area contributed by atoms with E-state index in [2.05, 4.69) is 19.2 Å². The number of hydrogen-bond acceptors (Lipinski definition) is 1. The van der Waals surface area contributed by atoms with Gasteiger partial charge in [-0.05, 0) is 50.0 Å². The second kappa shape index (κ2) is 7.53. The van der Waals surface area contributed by atoms with Crippen molar-refractivity contribution in [3.05, 3.63) is 0 Å². The molecule has 0 aromatic carbocycles. The van der Waals surface area contributed by atoms with Gasteiger partial charge in [0.2, 0.25) is 0 Å². The fraction of sp³-hybridized carbons (Fsp3) is 1.00. The van der Waals surface area contributed by atoms with E-state index in [-0.39, 0.29) is 0 Å². The van der Waals surface area contributed by atoms with E-state index in [0.717, 1.165) is 30.3 Å². The molecular formula is C17H33N. The van der Waals surface area contributed by atoms with Gasteiger partial charge >= 0.3 is 0 Å². The Balaban J connectivity index is 1.96. The van der Waals surface area contributed by atoms with Crippen LogP contribution in [0.3, 0.4) is 0 Å². The number of rotatable bonds is 4. The topological polar surface area (TPSA) is 12.0 Å². The molecule has 1 N–H and O–H groups in total. The third-order valence-corrected chi connectivity index (χ3v) is 5.33. The van der Waals surface area contributed by atoms with Crippen LogP contribution in [0.5, 0.6) is 0 Å². The van der Waals surface area contributed by atoms with Crippen molar-refractivity contribution in [3.63, 3.8) is 0 Å². The first-order valence-electron chi connectivity index (χ1n) is 8.54. The third-order valence-electron chi connectivity index (χ3n) is 5.33. The Morgan fingerprint density at radius 2 is 1.56 bits per heavy atom. The van der Waals surface area contributed by atoms with E-state index in [9.17, 15) is 0 Å². The first-order valence-corrected chi connectivity index (χ1v) is 8.54. The lowest BCUT2D eigenvalue weighted by Gasteiger charge is -2.38. The average molecular weight is 251 g/mol. The maximum atomic E-state index is 3.87. The molecular weight excluding hydrogens is 218 g/mol. The molecule has 0 aromatic rings. The molecule has 0 aliphatic heterocycles. The highest BCUT2D eigenvalue weighted by molar-refractivity contribution is 4.87. The first kappa shape index (κ1) is 14.4. The normalized spacial score (nSPS) is 33.0. The Kier molecular flexibility index (Phi) is 6.01. The summed E-state index contributed by atoms with van der Waals surface area (Å²) in [6.07, 6.45) is 14.8. The van der Waals surface area contributed by atoms with E-state index in [1.807, 2.05) is 0 Å². The van der Waals surface area contributed by atoms with Gasteiger partial charge in [0, 0.05) is 6.04 Å². The summed E-state index contributed by atoms with van der Waals surface area (Å²) in [7, 11) is 0. The molecule has 0 heterocycles. The molecule has 3 unspecified atom stereocenters. The standard InChI is InChI=1S/C17H33N/c1-3-18-17(15-10-6-4-5-7-11-15)16-12-8-9-14(2)13-16/h14-18H,3-13H2,1-2H3. The van der Waals surface area contributed by atoms with Crippen molar-refractivity contribution in [3.8, 4) is 0 Å².